The maximum atomic E-state index is 11.4. The van der Waals surface area contributed by atoms with Crippen molar-refractivity contribution in [1.29, 1.82) is 0 Å². The SMILES string of the molecule is COC(=O)CC1CCc2cc(/C(N)=N/O)c(C)cc21. The molecule has 3 N–H and O–H groups in total. The van der Waals surface area contributed by atoms with E-state index in [1.807, 2.05) is 19.1 Å². The number of fused-ring (bicyclic) bond motifs is 1. The number of oxime groups is 1. The average molecular weight is 262 g/mol. The van der Waals surface area contributed by atoms with Crippen LogP contribution in [0, 0.1) is 6.92 Å². The van der Waals surface area contributed by atoms with Crippen LogP contribution in [0.25, 0.3) is 0 Å². The number of hydrogen-bond acceptors (Lipinski definition) is 4. The van der Waals surface area contributed by atoms with Crippen LogP contribution in [-0.4, -0.2) is 24.1 Å². The number of carbonyl (C=O) groups excluding carboxylic acids is 1. The summed E-state index contributed by atoms with van der Waals surface area (Å²) in [6.07, 6.45) is 2.25. The Hall–Kier alpha value is -2.04. The number of carbonyl (C=O) groups is 1. The van der Waals surface area contributed by atoms with Crippen molar-refractivity contribution in [2.75, 3.05) is 7.11 Å². The minimum Gasteiger partial charge on any atom is -0.469 e. The lowest BCUT2D eigenvalue weighted by atomic mass is 9.94. The highest BCUT2D eigenvalue weighted by atomic mass is 16.5. The van der Waals surface area contributed by atoms with Crippen LogP contribution in [0.15, 0.2) is 17.3 Å². The third-order valence-electron chi connectivity index (χ3n) is 3.71. The van der Waals surface area contributed by atoms with E-state index in [4.69, 9.17) is 15.7 Å². The van der Waals surface area contributed by atoms with E-state index in [9.17, 15) is 4.79 Å². The van der Waals surface area contributed by atoms with Crippen molar-refractivity contribution in [2.45, 2.75) is 32.1 Å². The van der Waals surface area contributed by atoms with E-state index in [0.29, 0.717) is 6.42 Å². The summed E-state index contributed by atoms with van der Waals surface area (Å²) < 4.78 is 4.73. The second-order valence-electron chi connectivity index (χ2n) is 4.87. The van der Waals surface area contributed by atoms with Gasteiger partial charge in [0.1, 0.15) is 0 Å². The Morgan fingerprint density at radius 3 is 2.95 bits per heavy atom. The molecule has 0 aromatic heterocycles. The van der Waals surface area contributed by atoms with Gasteiger partial charge in [-0.05, 0) is 48.4 Å². The summed E-state index contributed by atoms with van der Waals surface area (Å²) in [6.45, 7) is 1.92. The summed E-state index contributed by atoms with van der Waals surface area (Å²) >= 11 is 0. The lowest BCUT2D eigenvalue weighted by molar-refractivity contribution is -0.141. The van der Waals surface area contributed by atoms with Gasteiger partial charge in [0.2, 0.25) is 0 Å². The van der Waals surface area contributed by atoms with Crippen molar-refractivity contribution >= 4 is 11.8 Å². The Bertz CT molecular complexity index is 538. The number of rotatable bonds is 3. The van der Waals surface area contributed by atoms with Gasteiger partial charge >= 0.3 is 5.97 Å². The fraction of sp³-hybridized carbons (Fsp3) is 0.429. The molecule has 0 saturated carbocycles. The highest BCUT2D eigenvalue weighted by Gasteiger charge is 2.26. The van der Waals surface area contributed by atoms with E-state index in [2.05, 4.69) is 5.16 Å². The number of esters is 1. The molecule has 1 aromatic carbocycles. The predicted molar refractivity (Wildman–Crippen MR) is 71.4 cm³/mol. The lowest BCUT2D eigenvalue weighted by Crippen LogP contribution is -2.15. The molecule has 5 heteroatoms. The molecule has 0 amide bonds. The van der Waals surface area contributed by atoms with Crippen LogP contribution in [0.5, 0.6) is 0 Å². The molecule has 0 heterocycles. The van der Waals surface area contributed by atoms with Gasteiger partial charge in [-0.1, -0.05) is 11.2 Å². The van der Waals surface area contributed by atoms with Crippen LogP contribution in [-0.2, 0) is 16.0 Å². The molecule has 1 atom stereocenters. The van der Waals surface area contributed by atoms with Gasteiger partial charge in [0.15, 0.2) is 5.84 Å². The number of benzene rings is 1. The van der Waals surface area contributed by atoms with Crippen molar-refractivity contribution < 1.29 is 14.7 Å². The van der Waals surface area contributed by atoms with Crippen molar-refractivity contribution in [1.82, 2.24) is 0 Å². The fourth-order valence-electron chi connectivity index (χ4n) is 2.68. The van der Waals surface area contributed by atoms with Gasteiger partial charge in [0.05, 0.1) is 13.5 Å². The maximum absolute atomic E-state index is 11.4. The lowest BCUT2D eigenvalue weighted by Gasteiger charge is -2.12. The second kappa shape index (κ2) is 5.30. The summed E-state index contributed by atoms with van der Waals surface area (Å²) in [4.78, 5) is 11.4. The van der Waals surface area contributed by atoms with Gasteiger partial charge in [0, 0.05) is 5.56 Å². The normalized spacial score (nSPS) is 18.2. The van der Waals surface area contributed by atoms with Crippen molar-refractivity contribution in [3.05, 3.63) is 34.4 Å². The number of hydrogen-bond donors (Lipinski definition) is 2. The quantitative estimate of drug-likeness (QED) is 0.285. The third kappa shape index (κ3) is 2.54. The maximum Gasteiger partial charge on any atom is 0.306 e. The number of amidine groups is 1. The van der Waals surface area contributed by atoms with Crippen LogP contribution in [0.1, 0.15) is 41.0 Å². The molecule has 5 nitrogen and oxygen atoms in total. The second-order valence-corrected chi connectivity index (χ2v) is 4.87. The Labute approximate surface area is 112 Å². The zero-order valence-corrected chi connectivity index (χ0v) is 11.1. The molecule has 1 unspecified atom stereocenters. The van der Waals surface area contributed by atoms with Gasteiger partial charge < -0.3 is 15.7 Å². The molecule has 19 heavy (non-hydrogen) atoms. The first-order valence-electron chi connectivity index (χ1n) is 6.25. The molecule has 0 spiro atoms. The fourth-order valence-corrected chi connectivity index (χ4v) is 2.68. The summed E-state index contributed by atoms with van der Waals surface area (Å²) in [5.74, 6) is 0.148. The highest BCUT2D eigenvalue weighted by Crippen LogP contribution is 2.37. The number of methoxy groups -OCH3 is 1. The number of nitrogens with two attached hydrogens (primary N) is 1. The smallest absolute Gasteiger partial charge is 0.306 e. The monoisotopic (exact) mass is 262 g/mol. The summed E-state index contributed by atoms with van der Waals surface area (Å²) in [6, 6.07) is 3.99. The third-order valence-corrected chi connectivity index (χ3v) is 3.71. The summed E-state index contributed by atoms with van der Waals surface area (Å²) in [7, 11) is 1.41. The molecule has 0 aliphatic heterocycles. The minimum atomic E-state index is -0.184. The molecule has 1 aromatic rings. The van der Waals surface area contributed by atoms with Gasteiger partial charge in [-0.25, -0.2) is 0 Å². The first-order valence-corrected chi connectivity index (χ1v) is 6.25. The molecular weight excluding hydrogens is 244 g/mol. The van der Waals surface area contributed by atoms with E-state index < -0.39 is 0 Å². The standard InChI is InChI=1S/C14H18N2O3/c1-8-5-12-9(6-11(8)14(15)16-18)3-4-10(12)7-13(17)19-2/h5-6,10,18H,3-4,7H2,1-2H3,(H2,15,16). The molecule has 0 radical (unpaired) electrons. The van der Waals surface area contributed by atoms with Crippen LogP contribution in [0.2, 0.25) is 0 Å². The van der Waals surface area contributed by atoms with Crippen LogP contribution >= 0.6 is 0 Å². The highest BCUT2D eigenvalue weighted by molar-refractivity contribution is 5.98. The number of nitrogens with zero attached hydrogens (tertiary/aromatic N) is 1. The predicted octanol–water partition coefficient (Wildman–Crippen LogP) is 1.68. The molecule has 0 saturated heterocycles. The van der Waals surface area contributed by atoms with Gasteiger partial charge in [-0.2, -0.15) is 0 Å². The Morgan fingerprint density at radius 2 is 2.32 bits per heavy atom. The van der Waals surface area contributed by atoms with Crippen LogP contribution in [0.4, 0.5) is 0 Å². The molecule has 0 bridgehead atoms. The first kappa shape index (κ1) is 13.4. The molecule has 102 valence electrons. The average Bonchev–Trinajstić information content (AvgIpc) is 2.79. The van der Waals surface area contributed by atoms with E-state index in [0.717, 1.165) is 24.0 Å². The zero-order chi connectivity index (χ0) is 14.0. The van der Waals surface area contributed by atoms with Gasteiger partial charge in [0.25, 0.3) is 0 Å². The first-order chi connectivity index (χ1) is 9.06. The molecule has 2 rings (SSSR count). The summed E-state index contributed by atoms with van der Waals surface area (Å²) in [5, 5.41) is 11.8. The Balaban J connectivity index is 2.33. The molecular formula is C14H18N2O3. The molecule has 0 fully saturated rings. The largest absolute Gasteiger partial charge is 0.469 e. The van der Waals surface area contributed by atoms with Crippen molar-refractivity contribution in [2.24, 2.45) is 10.9 Å². The van der Waals surface area contributed by atoms with E-state index in [-0.39, 0.29) is 17.7 Å². The summed E-state index contributed by atoms with van der Waals surface area (Å²) in [5.41, 5.74) is 9.70. The zero-order valence-electron chi connectivity index (χ0n) is 11.1. The van der Waals surface area contributed by atoms with E-state index in [1.165, 1.54) is 18.2 Å². The van der Waals surface area contributed by atoms with Gasteiger partial charge in [-0.3, -0.25) is 4.79 Å². The van der Waals surface area contributed by atoms with Crippen molar-refractivity contribution in [3.63, 3.8) is 0 Å². The van der Waals surface area contributed by atoms with E-state index >= 15 is 0 Å². The van der Waals surface area contributed by atoms with Crippen LogP contribution in [0.3, 0.4) is 0 Å². The number of aryl methyl sites for hydroxylation is 2. The Kier molecular flexibility index (Phi) is 3.74. The van der Waals surface area contributed by atoms with Crippen molar-refractivity contribution in [3.8, 4) is 0 Å². The van der Waals surface area contributed by atoms with E-state index in [1.54, 1.807) is 0 Å². The minimum absolute atomic E-state index is 0.122. The molecule has 1 aliphatic rings. The Morgan fingerprint density at radius 1 is 1.58 bits per heavy atom. The van der Waals surface area contributed by atoms with Gasteiger partial charge in [-0.15, -0.1) is 0 Å². The molecule has 1 aliphatic carbocycles. The topological polar surface area (TPSA) is 84.9 Å². The number of ether oxygens (including phenoxy) is 1. The van der Waals surface area contributed by atoms with Crippen LogP contribution < -0.4 is 5.73 Å².